The van der Waals surface area contributed by atoms with Crippen LogP contribution in [0.4, 0.5) is 0 Å². The molecule has 2 atom stereocenters. The molecule has 0 amide bonds. The third-order valence-corrected chi connectivity index (χ3v) is 5.20. The van der Waals surface area contributed by atoms with Gasteiger partial charge in [-0.2, -0.15) is 0 Å². The molecule has 4 heteroatoms. The number of carbonyl (C=O) groups is 1. The molecule has 0 radical (unpaired) electrons. The molecular weight excluding hydrogens is 302 g/mol. The molecule has 0 spiro atoms. The van der Waals surface area contributed by atoms with Crippen LogP contribution in [-0.2, 0) is 14.3 Å². The maximum absolute atomic E-state index is 11.7. The fraction of sp³-hybridized carbons (Fsp3) is 0.700. The smallest absolute Gasteiger partial charge is 0.308 e. The van der Waals surface area contributed by atoms with E-state index < -0.39 is 0 Å². The molecule has 2 aliphatic rings. The number of ether oxygens (including phenoxy) is 2. The van der Waals surface area contributed by atoms with Crippen LogP contribution >= 0.6 is 0 Å². The zero-order valence-corrected chi connectivity index (χ0v) is 15.3. The first-order valence-corrected chi connectivity index (χ1v) is 9.17. The maximum Gasteiger partial charge on any atom is 0.308 e. The summed E-state index contributed by atoms with van der Waals surface area (Å²) in [6.07, 6.45) is 11.3. The molecular formula is C20H31NO3. The molecule has 0 N–H and O–H groups in total. The van der Waals surface area contributed by atoms with E-state index >= 15 is 0 Å². The number of aliphatic imine (C=N–C) groups is 1. The van der Waals surface area contributed by atoms with E-state index in [-0.39, 0.29) is 18.0 Å². The summed E-state index contributed by atoms with van der Waals surface area (Å²) in [5.41, 5.74) is 2.09. The number of rotatable bonds is 6. The van der Waals surface area contributed by atoms with Gasteiger partial charge in [-0.15, -0.1) is 0 Å². The molecule has 2 rings (SSSR count). The first-order valence-electron chi connectivity index (χ1n) is 9.17. The van der Waals surface area contributed by atoms with Crippen molar-refractivity contribution in [3.8, 4) is 0 Å². The second-order valence-electron chi connectivity index (χ2n) is 6.98. The number of hydrogen-bond acceptors (Lipinski definition) is 4. The summed E-state index contributed by atoms with van der Waals surface area (Å²) in [5.74, 6) is 0.759. The van der Waals surface area contributed by atoms with Crippen LogP contribution in [0.1, 0.15) is 58.3 Å². The fourth-order valence-electron chi connectivity index (χ4n) is 3.82. The van der Waals surface area contributed by atoms with Crippen molar-refractivity contribution in [2.45, 2.75) is 64.4 Å². The molecule has 0 bridgehead atoms. The van der Waals surface area contributed by atoms with E-state index in [9.17, 15) is 4.79 Å². The van der Waals surface area contributed by atoms with Gasteiger partial charge in [0.15, 0.2) is 0 Å². The van der Waals surface area contributed by atoms with Crippen LogP contribution in [0.2, 0.25) is 0 Å². The summed E-state index contributed by atoms with van der Waals surface area (Å²) in [5, 5.41) is 0. The zero-order valence-electron chi connectivity index (χ0n) is 15.3. The van der Waals surface area contributed by atoms with Crippen LogP contribution in [0.15, 0.2) is 28.8 Å². The lowest BCUT2D eigenvalue weighted by Crippen LogP contribution is -2.24. The van der Waals surface area contributed by atoms with Gasteiger partial charge in [0.25, 0.3) is 0 Å². The standard InChI is InChI=1S/C20H31NO3/c1-14(20(22)23-4)13-16-9-8-12-18(16)15(2)19(21-3)24-17-10-6-5-7-11-17/h12,14,16-17H,2,5-11,13H2,1,3-4H3/t14?,16-/m1/s1. The van der Waals surface area contributed by atoms with E-state index in [4.69, 9.17) is 9.47 Å². The Kier molecular flexibility index (Phi) is 7.07. The van der Waals surface area contributed by atoms with E-state index in [2.05, 4.69) is 17.6 Å². The van der Waals surface area contributed by atoms with E-state index in [1.807, 2.05) is 6.92 Å². The average Bonchev–Trinajstić information content (AvgIpc) is 3.07. The second kappa shape index (κ2) is 9.05. The van der Waals surface area contributed by atoms with Gasteiger partial charge in [0.1, 0.15) is 6.10 Å². The van der Waals surface area contributed by atoms with Crippen molar-refractivity contribution in [2.24, 2.45) is 16.8 Å². The van der Waals surface area contributed by atoms with Gasteiger partial charge in [-0.3, -0.25) is 9.79 Å². The fourth-order valence-corrected chi connectivity index (χ4v) is 3.82. The quantitative estimate of drug-likeness (QED) is 0.410. The SMILES string of the molecule is C=C(C1=CCC[C@@H]1CC(C)C(=O)OC)C(=NC)OC1CCCCC1. The highest BCUT2D eigenvalue weighted by Gasteiger charge is 2.29. The first-order chi connectivity index (χ1) is 11.6. The van der Waals surface area contributed by atoms with E-state index in [0.717, 1.165) is 37.7 Å². The Morgan fingerprint density at radius 2 is 2.04 bits per heavy atom. The number of carbonyl (C=O) groups excluding carboxylic acids is 1. The van der Waals surface area contributed by atoms with Gasteiger partial charge in [0.05, 0.1) is 13.0 Å². The summed E-state index contributed by atoms with van der Waals surface area (Å²) in [6.45, 7) is 6.18. The molecule has 1 fully saturated rings. The molecule has 134 valence electrons. The van der Waals surface area contributed by atoms with Crippen molar-refractivity contribution >= 4 is 11.9 Å². The van der Waals surface area contributed by atoms with E-state index in [1.165, 1.54) is 31.9 Å². The molecule has 2 aliphatic carbocycles. The molecule has 1 saturated carbocycles. The normalized spacial score (nSPS) is 23.5. The highest BCUT2D eigenvalue weighted by atomic mass is 16.5. The Balaban J connectivity index is 1.99. The predicted molar refractivity (Wildman–Crippen MR) is 97.1 cm³/mol. The zero-order chi connectivity index (χ0) is 17.5. The third kappa shape index (κ3) is 4.71. The Bertz CT molecular complexity index is 515. The number of nitrogens with zero attached hydrogens (tertiary/aromatic N) is 1. The minimum Gasteiger partial charge on any atom is -0.474 e. The van der Waals surface area contributed by atoms with Gasteiger partial charge in [0.2, 0.25) is 5.90 Å². The Morgan fingerprint density at radius 3 is 2.67 bits per heavy atom. The van der Waals surface area contributed by atoms with Crippen molar-refractivity contribution < 1.29 is 14.3 Å². The molecule has 24 heavy (non-hydrogen) atoms. The highest BCUT2D eigenvalue weighted by Crippen LogP contribution is 2.36. The van der Waals surface area contributed by atoms with Crippen LogP contribution in [0.3, 0.4) is 0 Å². The lowest BCUT2D eigenvalue weighted by molar-refractivity contribution is -0.145. The first kappa shape index (κ1) is 18.8. The van der Waals surface area contributed by atoms with Crippen LogP contribution in [0, 0.1) is 11.8 Å². The molecule has 0 heterocycles. The molecule has 0 aromatic heterocycles. The minimum absolute atomic E-state index is 0.101. The lowest BCUT2D eigenvalue weighted by atomic mass is 9.87. The second-order valence-corrected chi connectivity index (χ2v) is 6.98. The van der Waals surface area contributed by atoms with Crippen LogP contribution in [0.5, 0.6) is 0 Å². The van der Waals surface area contributed by atoms with Crippen molar-refractivity contribution in [3.05, 3.63) is 23.8 Å². The summed E-state index contributed by atoms with van der Waals surface area (Å²) < 4.78 is 11.0. The minimum atomic E-state index is -0.144. The number of esters is 1. The topological polar surface area (TPSA) is 47.9 Å². The van der Waals surface area contributed by atoms with Gasteiger partial charge in [-0.25, -0.2) is 0 Å². The van der Waals surface area contributed by atoms with E-state index in [1.54, 1.807) is 7.05 Å². The molecule has 0 aromatic carbocycles. The highest BCUT2D eigenvalue weighted by molar-refractivity contribution is 5.97. The van der Waals surface area contributed by atoms with Crippen molar-refractivity contribution in [3.63, 3.8) is 0 Å². The predicted octanol–water partition coefficient (Wildman–Crippen LogP) is 4.46. The molecule has 0 saturated heterocycles. The average molecular weight is 333 g/mol. The Hall–Kier alpha value is -1.58. The van der Waals surface area contributed by atoms with Gasteiger partial charge < -0.3 is 9.47 Å². The van der Waals surface area contributed by atoms with E-state index in [0.29, 0.717) is 11.8 Å². The summed E-state index contributed by atoms with van der Waals surface area (Å²) in [7, 11) is 3.22. The van der Waals surface area contributed by atoms with Crippen molar-refractivity contribution in [1.82, 2.24) is 0 Å². The third-order valence-electron chi connectivity index (χ3n) is 5.20. The van der Waals surface area contributed by atoms with Gasteiger partial charge >= 0.3 is 5.97 Å². The summed E-state index contributed by atoms with van der Waals surface area (Å²) in [4.78, 5) is 16.1. The largest absolute Gasteiger partial charge is 0.474 e. The van der Waals surface area contributed by atoms with Crippen LogP contribution < -0.4 is 0 Å². The summed E-state index contributed by atoms with van der Waals surface area (Å²) >= 11 is 0. The molecule has 0 aromatic rings. The van der Waals surface area contributed by atoms with Gasteiger partial charge in [-0.05, 0) is 56.4 Å². The van der Waals surface area contributed by atoms with Gasteiger partial charge in [-0.1, -0.05) is 26.0 Å². The number of hydrogen-bond donors (Lipinski definition) is 0. The Labute approximate surface area is 146 Å². The monoisotopic (exact) mass is 333 g/mol. The van der Waals surface area contributed by atoms with Crippen LogP contribution in [0.25, 0.3) is 0 Å². The van der Waals surface area contributed by atoms with Crippen LogP contribution in [-0.4, -0.2) is 32.1 Å². The number of allylic oxidation sites excluding steroid dienone is 1. The Morgan fingerprint density at radius 1 is 1.33 bits per heavy atom. The maximum atomic E-state index is 11.7. The molecule has 1 unspecified atom stereocenters. The molecule has 4 nitrogen and oxygen atoms in total. The van der Waals surface area contributed by atoms with Crippen molar-refractivity contribution in [1.29, 1.82) is 0 Å². The number of methoxy groups -OCH3 is 1. The molecule has 0 aliphatic heterocycles. The lowest BCUT2D eigenvalue weighted by Gasteiger charge is -2.26. The van der Waals surface area contributed by atoms with Crippen molar-refractivity contribution in [2.75, 3.05) is 14.2 Å². The summed E-state index contributed by atoms with van der Waals surface area (Å²) in [6, 6.07) is 0. The van der Waals surface area contributed by atoms with Gasteiger partial charge in [0, 0.05) is 12.6 Å².